The molecule has 0 radical (unpaired) electrons. The maximum Gasteiger partial charge on any atom is 0.132 e. The normalized spacial score (nSPS) is 15.2. The first-order valence-corrected chi connectivity index (χ1v) is 4.73. The standard InChI is InChI=1S/C9H14N4O/c10-3-1-8-12-7-2-4-14-5-6(7)9(11)13-8/h1-5,10H2,(H2,11,12,13). The van der Waals surface area contributed by atoms with E-state index in [2.05, 4.69) is 9.97 Å². The summed E-state index contributed by atoms with van der Waals surface area (Å²) < 4.78 is 5.29. The molecule has 1 aliphatic heterocycles. The van der Waals surface area contributed by atoms with Crippen LogP contribution >= 0.6 is 0 Å². The lowest BCUT2D eigenvalue weighted by Crippen LogP contribution is -2.18. The fourth-order valence-corrected chi connectivity index (χ4v) is 1.55. The van der Waals surface area contributed by atoms with Crippen LogP contribution in [-0.2, 0) is 24.2 Å². The molecule has 4 N–H and O–H groups in total. The van der Waals surface area contributed by atoms with Gasteiger partial charge in [0.05, 0.1) is 18.9 Å². The predicted octanol–water partition coefficient (Wildman–Crippen LogP) is -0.367. The molecule has 14 heavy (non-hydrogen) atoms. The molecule has 1 aromatic heterocycles. The maximum atomic E-state index is 5.80. The number of ether oxygens (including phenoxy) is 1. The van der Waals surface area contributed by atoms with E-state index in [0.29, 0.717) is 32.0 Å². The van der Waals surface area contributed by atoms with Crippen LogP contribution in [0.25, 0.3) is 0 Å². The Balaban J connectivity index is 2.36. The number of fused-ring (bicyclic) bond motifs is 1. The quantitative estimate of drug-likeness (QED) is 0.671. The zero-order valence-electron chi connectivity index (χ0n) is 7.99. The van der Waals surface area contributed by atoms with Gasteiger partial charge in [-0.25, -0.2) is 9.97 Å². The van der Waals surface area contributed by atoms with Gasteiger partial charge < -0.3 is 16.2 Å². The van der Waals surface area contributed by atoms with E-state index in [0.717, 1.165) is 23.5 Å². The van der Waals surface area contributed by atoms with Gasteiger partial charge in [0.1, 0.15) is 11.6 Å². The van der Waals surface area contributed by atoms with Crippen molar-refractivity contribution in [3.05, 3.63) is 17.1 Å². The van der Waals surface area contributed by atoms with E-state index in [1.54, 1.807) is 0 Å². The van der Waals surface area contributed by atoms with Crippen LogP contribution in [0, 0.1) is 0 Å². The van der Waals surface area contributed by atoms with E-state index >= 15 is 0 Å². The number of rotatable bonds is 2. The van der Waals surface area contributed by atoms with Crippen molar-refractivity contribution in [2.24, 2.45) is 5.73 Å². The number of aromatic nitrogens is 2. The second-order valence-corrected chi connectivity index (χ2v) is 3.29. The molecule has 5 nitrogen and oxygen atoms in total. The first kappa shape index (κ1) is 9.36. The van der Waals surface area contributed by atoms with Gasteiger partial charge in [0.2, 0.25) is 0 Å². The molecule has 0 unspecified atom stereocenters. The zero-order valence-corrected chi connectivity index (χ0v) is 7.99. The third kappa shape index (κ3) is 1.69. The number of nitrogens with two attached hydrogens (primary N) is 2. The van der Waals surface area contributed by atoms with Gasteiger partial charge in [-0.15, -0.1) is 0 Å². The molecule has 0 saturated heterocycles. The van der Waals surface area contributed by atoms with Crippen LogP contribution < -0.4 is 11.5 Å². The molecule has 76 valence electrons. The van der Waals surface area contributed by atoms with Crippen molar-refractivity contribution in [1.82, 2.24) is 9.97 Å². The summed E-state index contributed by atoms with van der Waals surface area (Å²) in [7, 11) is 0. The van der Waals surface area contributed by atoms with Crippen LogP contribution in [0.5, 0.6) is 0 Å². The number of nitrogens with zero attached hydrogens (tertiary/aromatic N) is 2. The van der Waals surface area contributed by atoms with Crippen molar-refractivity contribution < 1.29 is 4.74 Å². The van der Waals surface area contributed by atoms with Gasteiger partial charge >= 0.3 is 0 Å². The molecular weight excluding hydrogens is 180 g/mol. The Labute approximate surface area is 82.5 Å². The lowest BCUT2D eigenvalue weighted by atomic mass is 10.1. The number of hydrogen-bond donors (Lipinski definition) is 2. The molecule has 2 rings (SSSR count). The SMILES string of the molecule is NCCc1nc(N)c2c(n1)CCOC2. The highest BCUT2D eigenvalue weighted by Gasteiger charge is 2.15. The van der Waals surface area contributed by atoms with Gasteiger partial charge in [-0.3, -0.25) is 0 Å². The first-order valence-electron chi connectivity index (χ1n) is 4.73. The van der Waals surface area contributed by atoms with E-state index in [-0.39, 0.29) is 0 Å². The second-order valence-electron chi connectivity index (χ2n) is 3.29. The molecule has 1 aliphatic rings. The summed E-state index contributed by atoms with van der Waals surface area (Å²) in [5, 5.41) is 0. The Kier molecular flexibility index (Phi) is 2.60. The topological polar surface area (TPSA) is 87.0 Å². The van der Waals surface area contributed by atoms with Crippen LogP contribution in [0.15, 0.2) is 0 Å². The summed E-state index contributed by atoms with van der Waals surface area (Å²) in [6.45, 7) is 1.80. The smallest absolute Gasteiger partial charge is 0.132 e. The van der Waals surface area contributed by atoms with Gasteiger partial charge in [-0.2, -0.15) is 0 Å². The minimum atomic E-state index is 0.532. The van der Waals surface area contributed by atoms with Crippen molar-refractivity contribution in [1.29, 1.82) is 0 Å². The molecule has 0 aromatic carbocycles. The fraction of sp³-hybridized carbons (Fsp3) is 0.556. The Morgan fingerprint density at radius 1 is 1.36 bits per heavy atom. The largest absolute Gasteiger partial charge is 0.383 e. The van der Waals surface area contributed by atoms with Crippen molar-refractivity contribution in [3.63, 3.8) is 0 Å². The average Bonchev–Trinajstić information content (AvgIpc) is 2.18. The lowest BCUT2D eigenvalue weighted by molar-refractivity contribution is 0.109. The first-order chi connectivity index (χ1) is 6.81. The summed E-state index contributed by atoms with van der Waals surface area (Å²) >= 11 is 0. The van der Waals surface area contributed by atoms with Crippen LogP contribution in [0.2, 0.25) is 0 Å². The van der Waals surface area contributed by atoms with Gasteiger partial charge in [0, 0.05) is 18.4 Å². The van der Waals surface area contributed by atoms with E-state index < -0.39 is 0 Å². The van der Waals surface area contributed by atoms with Gasteiger partial charge in [0.15, 0.2) is 0 Å². The predicted molar refractivity (Wildman–Crippen MR) is 52.6 cm³/mol. The molecule has 0 amide bonds. The molecule has 2 heterocycles. The molecule has 5 heteroatoms. The maximum absolute atomic E-state index is 5.80. The Hall–Kier alpha value is -1.20. The minimum Gasteiger partial charge on any atom is -0.383 e. The van der Waals surface area contributed by atoms with Crippen LogP contribution in [0.1, 0.15) is 17.1 Å². The second kappa shape index (κ2) is 3.89. The molecule has 0 saturated carbocycles. The third-order valence-corrected chi connectivity index (χ3v) is 2.27. The number of anilines is 1. The highest BCUT2D eigenvalue weighted by molar-refractivity contribution is 5.42. The highest BCUT2D eigenvalue weighted by atomic mass is 16.5. The monoisotopic (exact) mass is 194 g/mol. The van der Waals surface area contributed by atoms with Crippen molar-refractivity contribution >= 4 is 5.82 Å². The van der Waals surface area contributed by atoms with Crippen molar-refractivity contribution in [2.75, 3.05) is 18.9 Å². The van der Waals surface area contributed by atoms with Crippen LogP contribution in [-0.4, -0.2) is 23.1 Å². The van der Waals surface area contributed by atoms with Gasteiger partial charge in [0.25, 0.3) is 0 Å². The molecule has 0 atom stereocenters. The van der Waals surface area contributed by atoms with Gasteiger partial charge in [-0.05, 0) is 6.54 Å². The van der Waals surface area contributed by atoms with Crippen LogP contribution in [0.4, 0.5) is 5.82 Å². The Bertz CT molecular complexity index is 340. The highest BCUT2D eigenvalue weighted by Crippen LogP contribution is 2.19. The zero-order chi connectivity index (χ0) is 9.97. The molecule has 0 spiro atoms. The lowest BCUT2D eigenvalue weighted by Gasteiger charge is -2.17. The van der Waals surface area contributed by atoms with Crippen LogP contribution in [0.3, 0.4) is 0 Å². The van der Waals surface area contributed by atoms with E-state index in [4.69, 9.17) is 16.2 Å². The molecule has 0 bridgehead atoms. The average molecular weight is 194 g/mol. The van der Waals surface area contributed by atoms with Crippen molar-refractivity contribution in [2.45, 2.75) is 19.4 Å². The summed E-state index contributed by atoms with van der Waals surface area (Å²) in [4.78, 5) is 8.60. The molecule has 0 fully saturated rings. The van der Waals surface area contributed by atoms with Gasteiger partial charge in [-0.1, -0.05) is 0 Å². The molecular formula is C9H14N4O. The van der Waals surface area contributed by atoms with Crippen molar-refractivity contribution in [3.8, 4) is 0 Å². The molecule has 0 aliphatic carbocycles. The summed E-state index contributed by atoms with van der Waals surface area (Å²) in [5.74, 6) is 1.28. The third-order valence-electron chi connectivity index (χ3n) is 2.27. The number of nitrogen functional groups attached to an aromatic ring is 1. The molecule has 1 aromatic rings. The number of hydrogen-bond acceptors (Lipinski definition) is 5. The fourth-order valence-electron chi connectivity index (χ4n) is 1.55. The van der Waals surface area contributed by atoms with E-state index in [9.17, 15) is 0 Å². The minimum absolute atomic E-state index is 0.532. The summed E-state index contributed by atoms with van der Waals surface area (Å²) in [6, 6.07) is 0. The Morgan fingerprint density at radius 3 is 3.00 bits per heavy atom. The summed E-state index contributed by atoms with van der Waals surface area (Å²) in [6.07, 6.45) is 1.50. The Morgan fingerprint density at radius 2 is 2.21 bits per heavy atom. The van der Waals surface area contributed by atoms with E-state index in [1.807, 2.05) is 0 Å². The van der Waals surface area contributed by atoms with E-state index in [1.165, 1.54) is 0 Å². The summed E-state index contributed by atoms with van der Waals surface area (Å²) in [5.41, 5.74) is 13.2.